The van der Waals surface area contributed by atoms with Gasteiger partial charge < -0.3 is 4.74 Å². The van der Waals surface area contributed by atoms with E-state index in [1.807, 2.05) is 47.8 Å². The zero-order valence-corrected chi connectivity index (χ0v) is 15.3. The van der Waals surface area contributed by atoms with Crippen molar-refractivity contribution in [1.82, 2.24) is 4.98 Å². The van der Waals surface area contributed by atoms with Crippen molar-refractivity contribution in [3.05, 3.63) is 99.1 Å². The van der Waals surface area contributed by atoms with E-state index in [0.29, 0.717) is 11.8 Å². The smallest absolute Gasteiger partial charge is 0.135 e. The molecular formula is C21H15ClFNOS. The van der Waals surface area contributed by atoms with Gasteiger partial charge in [0, 0.05) is 15.8 Å². The molecule has 2 aromatic heterocycles. The number of ether oxygens (including phenoxy) is 1. The van der Waals surface area contributed by atoms with Crippen LogP contribution in [0.4, 0.5) is 4.39 Å². The van der Waals surface area contributed by atoms with Gasteiger partial charge >= 0.3 is 0 Å². The van der Waals surface area contributed by atoms with Gasteiger partial charge in [0.2, 0.25) is 0 Å². The zero-order chi connectivity index (χ0) is 17.9. The fourth-order valence-corrected chi connectivity index (χ4v) is 3.85. The van der Waals surface area contributed by atoms with Crippen molar-refractivity contribution in [1.29, 1.82) is 0 Å². The summed E-state index contributed by atoms with van der Waals surface area (Å²) < 4.78 is 19.3. The summed E-state index contributed by atoms with van der Waals surface area (Å²) in [6.45, 7) is 0.353. The highest BCUT2D eigenvalue weighted by Gasteiger charge is 2.21. The molecule has 5 heteroatoms. The van der Waals surface area contributed by atoms with Crippen LogP contribution in [0, 0.1) is 5.82 Å². The molecule has 0 radical (unpaired) electrons. The van der Waals surface area contributed by atoms with E-state index in [4.69, 9.17) is 16.3 Å². The number of aromatic nitrogens is 1. The van der Waals surface area contributed by atoms with E-state index in [0.717, 1.165) is 26.9 Å². The van der Waals surface area contributed by atoms with Crippen molar-refractivity contribution in [3.8, 4) is 0 Å². The minimum atomic E-state index is -0.329. The molecule has 4 aromatic rings. The van der Waals surface area contributed by atoms with Gasteiger partial charge in [-0.3, -0.25) is 0 Å². The summed E-state index contributed by atoms with van der Waals surface area (Å²) in [4.78, 5) is 5.56. The predicted octanol–water partition coefficient (Wildman–Crippen LogP) is 6.40. The van der Waals surface area contributed by atoms with Crippen LogP contribution in [0.3, 0.4) is 0 Å². The normalized spacial score (nSPS) is 12.4. The molecule has 0 fully saturated rings. The van der Waals surface area contributed by atoms with Crippen molar-refractivity contribution in [2.45, 2.75) is 12.7 Å². The molecule has 0 aliphatic rings. The summed E-state index contributed by atoms with van der Waals surface area (Å²) >= 11 is 8.09. The molecule has 2 aromatic carbocycles. The lowest BCUT2D eigenvalue weighted by molar-refractivity contribution is 0.0689. The number of halogens is 2. The van der Waals surface area contributed by atoms with E-state index >= 15 is 0 Å². The van der Waals surface area contributed by atoms with Gasteiger partial charge in [-0.1, -0.05) is 48.0 Å². The molecule has 4 rings (SSSR count). The Balaban J connectivity index is 1.69. The third-order valence-electron chi connectivity index (χ3n) is 4.12. The standard InChI is InChI=1S/C21H15ClFNOS/c22-21-17(12-15-4-1-2-5-18(15)24-21)20(19-6-3-11-26-19)25-13-14-7-9-16(23)10-8-14/h1-12,20H,13H2. The summed E-state index contributed by atoms with van der Waals surface area (Å²) in [5.74, 6) is -0.259. The van der Waals surface area contributed by atoms with Crippen LogP contribution in [0.25, 0.3) is 10.9 Å². The van der Waals surface area contributed by atoms with Crippen LogP contribution in [-0.2, 0) is 11.3 Å². The molecule has 0 N–H and O–H groups in total. The van der Waals surface area contributed by atoms with Gasteiger partial charge in [0.05, 0.1) is 12.1 Å². The Bertz CT molecular complexity index is 1020. The number of hydrogen-bond donors (Lipinski definition) is 0. The molecule has 2 nitrogen and oxygen atoms in total. The van der Waals surface area contributed by atoms with Crippen molar-refractivity contribution in [2.24, 2.45) is 0 Å². The van der Waals surface area contributed by atoms with E-state index in [2.05, 4.69) is 4.98 Å². The number of fused-ring (bicyclic) bond motifs is 1. The number of hydrogen-bond acceptors (Lipinski definition) is 3. The van der Waals surface area contributed by atoms with Gasteiger partial charge in [-0.15, -0.1) is 11.3 Å². The van der Waals surface area contributed by atoms with Gasteiger partial charge in [0.25, 0.3) is 0 Å². The van der Waals surface area contributed by atoms with E-state index < -0.39 is 0 Å². The maximum absolute atomic E-state index is 13.1. The molecular weight excluding hydrogens is 369 g/mol. The lowest BCUT2D eigenvalue weighted by Gasteiger charge is -2.19. The first kappa shape index (κ1) is 17.2. The first-order valence-electron chi connectivity index (χ1n) is 8.15. The molecule has 2 heterocycles. The molecule has 26 heavy (non-hydrogen) atoms. The van der Waals surface area contributed by atoms with E-state index in [-0.39, 0.29) is 11.9 Å². The van der Waals surface area contributed by atoms with Crippen molar-refractivity contribution < 1.29 is 9.13 Å². The lowest BCUT2D eigenvalue weighted by atomic mass is 10.1. The topological polar surface area (TPSA) is 22.1 Å². The number of rotatable bonds is 5. The van der Waals surface area contributed by atoms with Gasteiger partial charge in [-0.2, -0.15) is 0 Å². The maximum atomic E-state index is 13.1. The Morgan fingerprint density at radius 2 is 1.85 bits per heavy atom. The van der Waals surface area contributed by atoms with Gasteiger partial charge in [0.1, 0.15) is 17.1 Å². The number of benzene rings is 2. The molecule has 0 saturated heterocycles. The van der Waals surface area contributed by atoms with Crippen LogP contribution < -0.4 is 0 Å². The highest BCUT2D eigenvalue weighted by molar-refractivity contribution is 7.10. The average Bonchev–Trinajstić information content (AvgIpc) is 3.18. The Morgan fingerprint density at radius 1 is 1.04 bits per heavy atom. The summed E-state index contributed by atoms with van der Waals surface area (Å²) in [5.41, 5.74) is 2.58. The molecule has 0 bridgehead atoms. The summed E-state index contributed by atoms with van der Waals surface area (Å²) in [5, 5.41) is 3.45. The zero-order valence-electron chi connectivity index (χ0n) is 13.7. The second-order valence-corrected chi connectivity index (χ2v) is 7.23. The van der Waals surface area contributed by atoms with Crippen LogP contribution in [0.2, 0.25) is 5.15 Å². The molecule has 1 unspecified atom stereocenters. The fraction of sp³-hybridized carbons (Fsp3) is 0.0952. The van der Waals surface area contributed by atoms with Crippen LogP contribution in [0.5, 0.6) is 0 Å². The van der Waals surface area contributed by atoms with Crippen LogP contribution >= 0.6 is 22.9 Å². The largest absolute Gasteiger partial charge is 0.363 e. The van der Waals surface area contributed by atoms with Crippen molar-refractivity contribution in [3.63, 3.8) is 0 Å². The minimum Gasteiger partial charge on any atom is -0.363 e. The van der Waals surface area contributed by atoms with Gasteiger partial charge in [0.15, 0.2) is 0 Å². The monoisotopic (exact) mass is 383 g/mol. The number of pyridine rings is 1. The highest BCUT2D eigenvalue weighted by atomic mass is 35.5. The number of thiophene rings is 1. The first-order chi connectivity index (χ1) is 12.7. The Labute approximate surface area is 159 Å². The van der Waals surface area contributed by atoms with Gasteiger partial charge in [-0.05, 0) is 41.3 Å². The Morgan fingerprint density at radius 3 is 2.62 bits per heavy atom. The third kappa shape index (κ3) is 3.63. The average molecular weight is 384 g/mol. The van der Waals surface area contributed by atoms with Crippen LogP contribution in [-0.4, -0.2) is 4.98 Å². The molecule has 130 valence electrons. The van der Waals surface area contributed by atoms with Crippen molar-refractivity contribution in [2.75, 3.05) is 0 Å². The van der Waals surface area contributed by atoms with Gasteiger partial charge in [-0.25, -0.2) is 9.37 Å². The SMILES string of the molecule is Fc1ccc(COC(c2cccs2)c2cc3ccccc3nc2Cl)cc1. The second-order valence-electron chi connectivity index (χ2n) is 5.89. The maximum Gasteiger partial charge on any atom is 0.135 e. The minimum absolute atomic E-state index is 0.259. The second kappa shape index (κ2) is 7.54. The summed E-state index contributed by atoms with van der Waals surface area (Å²) in [6, 6.07) is 20.2. The van der Waals surface area contributed by atoms with Crippen LogP contribution in [0.15, 0.2) is 72.1 Å². The highest BCUT2D eigenvalue weighted by Crippen LogP contribution is 2.35. The number of para-hydroxylation sites is 1. The van der Waals surface area contributed by atoms with Crippen molar-refractivity contribution >= 4 is 33.8 Å². The fourth-order valence-electron chi connectivity index (χ4n) is 2.82. The van der Waals surface area contributed by atoms with E-state index in [9.17, 15) is 4.39 Å². The Kier molecular flexibility index (Phi) is 4.98. The first-order valence-corrected chi connectivity index (χ1v) is 9.41. The number of nitrogens with zero attached hydrogens (tertiary/aromatic N) is 1. The molecule has 1 atom stereocenters. The summed E-state index contributed by atoms with van der Waals surface area (Å²) in [6.07, 6.45) is -0.329. The van der Waals surface area contributed by atoms with Crippen LogP contribution in [0.1, 0.15) is 22.1 Å². The molecule has 0 saturated carbocycles. The van der Waals surface area contributed by atoms with E-state index in [1.54, 1.807) is 23.5 Å². The molecule has 0 aliphatic heterocycles. The predicted molar refractivity (Wildman–Crippen MR) is 104 cm³/mol. The molecule has 0 aliphatic carbocycles. The van der Waals surface area contributed by atoms with E-state index in [1.165, 1.54) is 12.1 Å². The molecule has 0 spiro atoms. The lowest BCUT2D eigenvalue weighted by Crippen LogP contribution is -2.07. The third-order valence-corrected chi connectivity index (χ3v) is 5.34. The quantitative estimate of drug-likeness (QED) is 0.372. The summed E-state index contributed by atoms with van der Waals surface area (Å²) in [7, 11) is 0. The molecule has 0 amide bonds. The Hall–Kier alpha value is -2.27.